The van der Waals surface area contributed by atoms with Gasteiger partial charge in [-0.25, -0.2) is 15.8 Å². The molecule has 21 heavy (non-hydrogen) atoms. The van der Waals surface area contributed by atoms with Crippen LogP contribution in [0.15, 0.2) is 22.9 Å². The molecule has 0 bridgehead atoms. The summed E-state index contributed by atoms with van der Waals surface area (Å²) >= 11 is 3.40. The number of rotatable bonds is 4. The Hall–Kier alpha value is -2.26. The summed E-state index contributed by atoms with van der Waals surface area (Å²) in [7, 11) is 0. The Kier molecular flexibility index (Phi) is 4.34. The minimum Gasteiger partial charge on any atom is -0.334 e. The van der Waals surface area contributed by atoms with Crippen molar-refractivity contribution in [3.63, 3.8) is 0 Å². The lowest BCUT2D eigenvalue weighted by Crippen LogP contribution is -2.13. The summed E-state index contributed by atoms with van der Waals surface area (Å²) in [6.07, 6.45) is 1.20. The molecule has 0 amide bonds. The van der Waals surface area contributed by atoms with Crippen LogP contribution < -0.4 is 16.6 Å². The van der Waals surface area contributed by atoms with Crippen LogP contribution in [0.4, 0.5) is 23.0 Å². The van der Waals surface area contributed by atoms with Crippen LogP contribution >= 0.6 is 15.9 Å². The summed E-state index contributed by atoms with van der Waals surface area (Å²) in [6, 6.07) is 3.81. The molecular formula is C12H13BrN6O2. The molecule has 0 atom stereocenters. The predicted octanol–water partition coefficient (Wildman–Crippen LogP) is 2.79. The van der Waals surface area contributed by atoms with Crippen molar-refractivity contribution in [2.45, 2.75) is 13.8 Å². The monoisotopic (exact) mass is 352 g/mol. The van der Waals surface area contributed by atoms with Crippen LogP contribution in [0.2, 0.25) is 0 Å². The van der Waals surface area contributed by atoms with E-state index in [4.69, 9.17) is 5.84 Å². The van der Waals surface area contributed by atoms with Crippen molar-refractivity contribution in [1.82, 2.24) is 9.97 Å². The van der Waals surface area contributed by atoms with Crippen LogP contribution in [-0.2, 0) is 0 Å². The molecule has 0 saturated heterocycles. The van der Waals surface area contributed by atoms with E-state index in [1.807, 2.05) is 26.0 Å². The third-order valence-electron chi connectivity index (χ3n) is 2.88. The average Bonchev–Trinajstić information content (AvgIpc) is 2.42. The number of aryl methyl sites for hydroxylation is 2. The molecule has 0 unspecified atom stereocenters. The summed E-state index contributed by atoms with van der Waals surface area (Å²) < 4.78 is 0.935. The first-order valence-electron chi connectivity index (χ1n) is 5.93. The third-order valence-corrected chi connectivity index (χ3v) is 3.34. The Bertz CT molecular complexity index is 683. The Balaban J connectivity index is 2.52. The zero-order valence-electron chi connectivity index (χ0n) is 11.3. The van der Waals surface area contributed by atoms with Crippen molar-refractivity contribution < 1.29 is 4.92 Å². The van der Waals surface area contributed by atoms with E-state index >= 15 is 0 Å². The zero-order chi connectivity index (χ0) is 15.6. The molecule has 0 radical (unpaired) electrons. The van der Waals surface area contributed by atoms with E-state index in [0.29, 0.717) is 0 Å². The number of hydrogen-bond donors (Lipinski definition) is 3. The van der Waals surface area contributed by atoms with Crippen molar-refractivity contribution in [3.05, 3.63) is 44.2 Å². The molecule has 0 aliphatic heterocycles. The van der Waals surface area contributed by atoms with Gasteiger partial charge in [0.2, 0.25) is 11.6 Å². The maximum absolute atomic E-state index is 11.2. The summed E-state index contributed by atoms with van der Waals surface area (Å²) in [4.78, 5) is 18.3. The van der Waals surface area contributed by atoms with E-state index < -0.39 is 4.92 Å². The maximum Gasteiger partial charge on any atom is 0.354 e. The fourth-order valence-corrected chi connectivity index (χ4v) is 2.66. The van der Waals surface area contributed by atoms with Crippen molar-refractivity contribution >= 4 is 38.9 Å². The predicted molar refractivity (Wildman–Crippen MR) is 83.4 cm³/mol. The van der Waals surface area contributed by atoms with E-state index in [1.54, 1.807) is 0 Å². The van der Waals surface area contributed by atoms with Crippen LogP contribution in [0.25, 0.3) is 0 Å². The Labute approximate surface area is 129 Å². The highest BCUT2D eigenvalue weighted by Gasteiger charge is 2.23. The minimum atomic E-state index is -0.582. The topological polar surface area (TPSA) is 119 Å². The van der Waals surface area contributed by atoms with Crippen molar-refractivity contribution in [1.29, 1.82) is 0 Å². The Morgan fingerprint density at radius 3 is 2.33 bits per heavy atom. The molecule has 0 saturated carbocycles. The largest absolute Gasteiger partial charge is 0.354 e. The number of nitrogens with two attached hydrogens (primary N) is 1. The molecule has 2 rings (SSSR count). The first kappa shape index (κ1) is 15.1. The number of anilines is 3. The fraction of sp³-hybridized carbons (Fsp3) is 0.167. The van der Waals surface area contributed by atoms with E-state index in [-0.39, 0.29) is 17.3 Å². The SMILES string of the molecule is Cc1cc(Br)cc(C)c1Nc1ncnc(NN)c1[N+](=O)[O-]. The maximum atomic E-state index is 11.2. The quantitative estimate of drug-likeness (QED) is 0.439. The number of benzene rings is 1. The third kappa shape index (κ3) is 3.09. The Morgan fingerprint density at radius 1 is 1.24 bits per heavy atom. The Morgan fingerprint density at radius 2 is 1.81 bits per heavy atom. The molecule has 0 spiro atoms. The number of nitrogen functional groups attached to an aromatic ring is 1. The number of hydrogen-bond acceptors (Lipinski definition) is 7. The molecule has 9 heteroatoms. The van der Waals surface area contributed by atoms with E-state index in [2.05, 4.69) is 36.6 Å². The first-order chi connectivity index (χ1) is 9.93. The van der Waals surface area contributed by atoms with Gasteiger partial charge in [-0.3, -0.25) is 10.1 Å². The van der Waals surface area contributed by atoms with E-state index in [9.17, 15) is 10.1 Å². The molecule has 1 aromatic heterocycles. The lowest BCUT2D eigenvalue weighted by Gasteiger charge is -2.13. The van der Waals surface area contributed by atoms with Crippen molar-refractivity contribution in [2.24, 2.45) is 5.84 Å². The summed E-state index contributed by atoms with van der Waals surface area (Å²) in [5.41, 5.74) is 4.51. The van der Waals surface area contributed by atoms with Gasteiger partial charge in [0, 0.05) is 10.2 Å². The summed E-state index contributed by atoms with van der Waals surface area (Å²) in [6.45, 7) is 3.80. The van der Waals surface area contributed by atoms with E-state index in [0.717, 1.165) is 21.3 Å². The number of nitro groups is 1. The van der Waals surface area contributed by atoms with Gasteiger partial charge in [0.05, 0.1) is 4.92 Å². The molecule has 110 valence electrons. The van der Waals surface area contributed by atoms with Crippen molar-refractivity contribution in [2.75, 3.05) is 10.7 Å². The number of aromatic nitrogens is 2. The normalized spacial score (nSPS) is 10.3. The minimum absolute atomic E-state index is 0.0510. The number of halogens is 1. The highest BCUT2D eigenvalue weighted by Crippen LogP contribution is 2.33. The van der Waals surface area contributed by atoms with Gasteiger partial charge in [-0.2, -0.15) is 0 Å². The van der Waals surface area contributed by atoms with Gasteiger partial charge in [0.1, 0.15) is 6.33 Å². The zero-order valence-corrected chi connectivity index (χ0v) is 12.9. The number of hydrazine groups is 1. The second kappa shape index (κ2) is 6.02. The molecule has 8 nitrogen and oxygen atoms in total. The molecular weight excluding hydrogens is 340 g/mol. The highest BCUT2D eigenvalue weighted by molar-refractivity contribution is 9.10. The number of nitrogens with one attached hydrogen (secondary N) is 2. The summed E-state index contributed by atoms with van der Waals surface area (Å²) in [5.74, 6) is 5.28. The lowest BCUT2D eigenvalue weighted by atomic mass is 10.1. The standard InChI is InChI=1S/C12H13BrN6O2/c1-6-3-8(13)4-7(2)9(6)17-11-10(19(20)21)12(18-14)16-5-15-11/h3-5H,14H2,1-2H3,(H2,15,16,17,18). The van der Waals surface area contributed by atoms with Crippen LogP contribution in [0.1, 0.15) is 11.1 Å². The van der Waals surface area contributed by atoms with Crippen LogP contribution in [0.5, 0.6) is 0 Å². The molecule has 0 aliphatic rings. The van der Waals surface area contributed by atoms with Crippen molar-refractivity contribution in [3.8, 4) is 0 Å². The molecule has 1 heterocycles. The number of nitrogens with zero attached hydrogens (tertiary/aromatic N) is 3. The van der Waals surface area contributed by atoms with Crippen LogP contribution in [0, 0.1) is 24.0 Å². The van der Waals surface area contributed by atoms with Gasteiger partial charge >= 0.3 is 5.69 Å². The second-order valence-corrected chi connectivity index (χ2v) is 5.28. The van der Waals surface area contributed by atoms with Crippen LogP contribution in [-0.4, -0.2) is 14.9 Å². The van der Waals surface area contributed by atoms with Gasteiger partial charge in [0.15, 0.2) is 0 Å². The van der Waals surface area contributed by atoms with E-state index in [1.165, 1.54) is 6.33 Å². The average molecular weight is 353 g/mol. The van der Waals surface area contributed by atoms with Gasteiger partial charge in [-0.1, -0.05) is 15.9 Å². The molecule has 4 N–H and O–H groups in total. The second-order valence-electron chi connectivity index (χ2n) is 4.36. The molecule has 1 aromatic carbocycles. The summed E-state index contributed by atoms with van der Waals surface area (Å²) in [5, 5.41) is 14.2. The molecule has 0 aliphatic carbocycles. The van der Waals surface area contributed by atoms with Gasteiger partial charge < -0.3 is 10.7 Å². The smallest absolute Gasteiger partial charge is 0.334 e. The fourth-order valence-electron chi connectivity index (χ4n) is 1.98. The van der Waals surface area contributed by atoms with Gasteiger partial charge in [-0.15, -0.1) is 0 Å². The lowest BCUT2D eigenvalue weighted by molar-refractivity contribution is -0.383. The van der Waals surface area contributed by atoms with Gasteiger partial charge in [-0.05, 0) is 37.1 Å². The molecule has 2 aromatic rings. The highest BCUT2D eigenvalue weighted by atomic mass is 79.9. The molecule has 0 fully saturated rings. The first-order valence-corrected chi connectivity index (χ1v) is 6.73. The van der Waals surface area contributed by atoms with Crippen LogP contribution in [0.3, 0.4) is 0 Å². The van der Waals surface area contributed by atoms with Gasteiger partial charge in [0.25, 0.3) is 0 Å².